The predicted molar refractivity (Wildman–Crippen MR) is 80.8 cm³/mol. The summed E-state index contributed by atoms with van der Waals surface area (Å²) < 4.78 is 19.2. The van der Waals surface area contributed by atoms with E-state index in [1.807, 2.05) is 31.2 Å². The van der Waals surface area contributed by atoms with Crippen molar-refractivity contribution in [2.75, 3.05) is 24.8 Å². The third-order valence-electron chi connectivity index (χ3n) is 2.62. The highest BCUT2D eigenvalue weighted by molar-refractivity contribution is 7.53. The SMILES string of the molecule is Cc1ccc(COP(N)(=O)N(CCCl)CCCl)cc1. The molecule has 1 aromatic carbocycles. The highest BCUT2D eigenvalue weighted by Crippen LogP contribution is 2.43. The molecule has 1 rings (SSSR count). The fraction of sp³-hybridized carbons (Fsp3) is 0.500. The van der Waals surface area contributed by atoms with Gasteiger partial charge in [0.05, 0.1) is 6.61 Å². The number of nitrogens with two attached hydrogens (primary N) is 1. The van der Waals surface area contributed by atoms with Crippen molar-refractivity contribution in [2.24, 2.45) is 5.50 Å². The van der Waals surface area contributed by atoms with Crippen LogP contribution < -0.4 is 5.50 Å². The molecule has 1 atom stereocenters. The van der Waals surface area contributed by atoms with Gasteiger partial charge in [-0.2, -0.15) is 0 Å². The van der Waals surface area contributed by atoms with Crippen molar-refractivity contribution in [3.8, 4) is 0 Å². The zero-order valence-corrected chi connectivity index (χ0v) is 13.3. The van der Waals surface area contributed by atoms with Gasteiger partial charge < -0.3 is 4.52 Å². The van der Waals surface area contributed by atoms with Gasteiger partial charge in [0, 0.05) is 24.8 Å². The lowest BCUT2D eigenvalue weighted by Crippen LogP contribution is -2.29. The van der Waals surface area contributed by atoms with Gasteiger partial charge >= 0.3 is 7.67 Å². The first-order chi connectivity index (χ1) is 8.99. The summed E-state index contributed by atoms with van der Waals surface area (Å²) in [6.45, 7) is 2.97. The molecule has 0 radical (unpaired) electrons. The summed E-state index contributed by atoms with van der Waals surface area (Å²) in [5.74, 6) is 0.651. The Labute approximate surface area is 124 Å². The summed E-state index contributed by atoms with van der Waals surface area (Å²) in [4.78, 5) is 0. The molecule has 0 fully saturated rings. The van der Waals surface area contributed by atoms with Crippen molar-refractivity contribution in [1.29, 1.82) is 0 Å². The van der Waals surface area contributed by atoms with Crippen LogP contribution >= 0.6 is 30.9 Å². The molecule has 0 aliphatic rings. The van der Waals surface area contributed by atoms with Gasteiger partial charge in [0.25, 0.3) is 0 Å². The number of halogens is 2. The molecule has 0 heterocycles. The van der Waals surface area contributed by atoms with Gasteiger partial charge in [0.2, 0.25) is 0 Å². The third kappa shape index (κ3) is 5.82. The number of hydrogen-bond donors (Lipinski definition) is 1. The first kappa shape index (κ1) is 17.0. The molecule has 108 valence electrons. The van der Waals surface area contributed by atoms with Crippen molar-refractivity contribution >= 4 is 30.9 Å². The lowest BCUT2D eigenvalue weighted by molar-refractivity contribution is 0.257. The maximum atomic E-state index is 12.3. The van der Waals surface area contributed by atoms with Crippen LogP contribution in [0.15, 0.2) is 24.3 Å². The van der Waals surface area contributed by atoms with Gasteiger partial charge in [-0.25, -0.2) is 10.2 Å². The van der Waals surface area contributed by atoms with E-state index in [2.05, 4.69) is 0 Å². The fourth-order valence-electron chi connectivity index (χ4n) is 1.52. The van der Waals surface area contributed by atoms with Gasteiger partial charge in [-0.05, 0) is 12.5 Å². The summed E-state index contributed by atoms with van der Waals surface area (Å²) in [7, 11) is -3.35. The molecule has 1 aromatic rings. The second kappa shape index (κ2) is 8.25. The maximum Gasteiger partial charge on any atom is 0.341 e. The highest BCUT2D eigenvalue weighted by atomic mass is 35.5. The average molecular weight is 325 g/mol. The molecule has 0 aliphatic heterocycles. The van der Waals surface area contributed by atoms with Gasteiger partial charge in [-0.3, -0.25) is 4.57 Å². The van der Waals surface area contributed by atoms with Gasteiger partial charge in [0.15, 0.2) is 0 Å². The van der Waals surface area contributed by atoms with Crippen molar-refractivity contribution in [3.63, 3.8) is 0 Å². The molecule has 19 heavy (non-hydrogen) atoms. The van der Waals surface area contributed by atoms with E-state index in [1.54, 1.807) is 0 Å². The minimum Gasteiger partial charge on any atom is -0.301 e. The standard InChI is InChI=1S/C12H19Cl2N2O2P/c1-11-2-4-12(5-3-11)10-18-19(15,17)16(8-6-13)9-7-14/h2-5H,6-10H2,1H3,(H2,15,17). The van der Waals surface area contributed by atoms with Crippen LogP contribution in [-0.4, -0.2) is 29.5 Å². The largest absolute Gasteiger partial charge is 0.341 e. The Morgan fingerprint density at radius 2 is 1.74 bits per heavy atom. The Balaban J connectivity index is 2.61. The second-order valence-corrected chi connectivity index (χ2v) is 6.86. The molecule has 0 aromatic heterocycles. The number of aryl methyl sites for hydroxylation is 1. The Bertz CT molecular complexity index is 422. The van der Waals surface area contributed by atoms with Crippen molar-refractivity contribution in [3.05, 3.63) is 35.4 Å². The van der Waals surface area contributed by atoms with E-state index < -0.39 is 7.67 Å². The smallest absolute Gasteiger partial charge is 0.301 e. The van der Waals surface area contributed by atoms with Gasteiger partial charge in [-0.15, -0.1) is 23.2 Å². The number of hydrogen-bond acceptors (Lipinski definition) is 2. The molecule has 0 aliphatic carbocycles. The van der Waals surface area contributed by atoms with Crippen LogP contribution in [-0.2, 0) is 15.7 Å². The number of benzene rings is 1. The minimum atomic E-state index is -3.35. The van der Waals surface area contributed by atoms with Gasteiger partial charge in [0.1, 0.15) is 0 Å². The van der Waals surface area contributed by atoms with E-state index in [9.17, 15) is 4.57 Å². The van der Waals surface area contributed by atoms with Crippen LogP contribution in [0.1, 0.15) is 11.1 Å². The van der Waals surface area contributed by atoms with Crippen molar-refractivity contribution in [1.82, 2.24) is 4.67 Å². The molecule has 1 unspecified atom stereocenters. The molecule has 0 saturated carbocycles. The summed E-state index contributed by atoms with van der Waals surface area (Å²) >= 11 is 11.3. The molecule has 4 nitrogen and oxygen atoms in total. The second-order valence-electron chi connectivity index (χ2n) is 4.15. The first-order valence-electron chi connectivity index (χ1n) is 5.95. The number of nitrogens with zero attached hydrogens (tertiary/aromatic N) is 1. The summed E-state index contributed by atoms with van der Waals surface area (Å²) in [6.07, 6.45) is 0. The zero-order chi connectivity index (χ0) is 14.3. The van der Waals surface area contributed by atoms with E-state index in [4.69, 9.17) is 33.2 Å². The molecule has 0 bridgehead atoms. The molecular formula is C12H19Cl2N2O2P. The van der Waals surface area contributed by atoms with E-state index in [0.717, 1.165) is 11.1 Å². The lowest BCUT2D eigenvalue weighted by Gasteiger charge is -2.26. The zero-order valence-electron chi connectivity index (χ0n) is 10.9. The molecular weight excluding hydrogens is 306 g/mol. The number of alkyl halides is 2. The van der Waals surface area contributed by atoms with Gasteiger partial charge in [-0.1, -0.05) is 29.8 Å². The Morgan fingerprint density at radius 1 is 1.21 bits per heavy atom. The average Bonchev–Trinajstić information content (AvgIpc) is 2.38. The normalized spacial score (nSPS) is 14.6. The Kier molecular flexibility index (Phi) is 7.37. The third-order valence-corrected chi connectivity index (χ3v) is 4.64. The Hall–Kier alpha value is -0.0900. The topological polar surface area (TPSA) is 55.6 Å². The van der Waals surface area contributed by atoms with Crippen LogP contribution in [0.25, 0.3) is 0 Å². The van der Waals surface area contributed by atoms with E-state index in [0.29, 0.717) is 24.8 Å². The molecule has 2 N–H and O–H groups in total. The molecule has 7 heteroatoms. The van der Waals surface area contributed by atoms with Crippen LogP contribution in [0.3, 0.4) is 0 Å². The monoisotopic (exact) mass is 324 g/mol. The Morgan fingerprint density at radius 3 is 2.21 bits per heavy atom. The summed E-state index contributed by atoms with van der Waals surface area (Å²) in [5, 5.41) is 0. The number of rotatable bonds is 8. The maximum absolute atomic E-state index is 12.3. The van der Waals surface area contributed by atoms with Crippen LogP contribution in [0.5, 0.6) is 0 Å². The van der Waals surface area contributed by atoms with Crippen molar-refractivity contribution < 1.29 is 9.09 Å². The minimum absolute atomic E-state index is 0.204. The van der Waals surface area contributed by atoms with E-state index in [-0.39, 0.29) is 6.61 Å². The van der Waals surface area contributed by atoms with Crippen molar-refractivity contribution in [2.45, 2.75) is 13.5 Å². The molecule has 0 spiro atoms. The highest BCUT2D eigenvalue weighted by Gasteiger charge is 2.26. The predicted octanol–water partition coefficient (Wildman–Crippen LogP) is 3.36. The summed E-state index contributed by atoms with van der Waals surface area (Å²) in [5.41, 5.74) is 7.83. The molecule has 0 amide bonds. The lowest BCUT2D eigenvalue weighted by atomic mass is 10.2. The summed E-state index contributed by atoms with van der Waals surface area (Å²) in [6, 6.07) is 7.77. The van der Waals surface area contributed by atoms with Crippen LogP contribution in [0.2, 0.25) is 0 Å². The first-order valence-corrected chi connectivity index (χ1v) is 8.67. The van der Waals surface area contributed by atoms with E-state index >= 15 is 0 Å². The quantitative estimate of drug-likeness (QED) is 0.588. The fourth-order valence-corrected chi connectivity index (χ4v) is 3.42. The van der Waals surface area contributed by atoms with E-state index in [1.165, 1.54) is 4.67 Å². The molecule has 0 saturated heterocycles. The van der Waals surface area contributed by atoms with Crippen LogP contribution in [0, 0.1) is 6.92 Å². The van der Waals surface area contributed by atoms with Crippen LogP contribution in [0.4, 0.5) is 0 Å².